The molecule has 0 bridgehead atoms. The van der Waals surface area contributed by atoms with Crippen molar-refractivity contribution in [1.82, 2.24) is 25.0 Å². The Morgan fingerprint density at radius 1 is 1.19 bits per heavy atom. The number of carbonyl (C=O) groups excluding carboxylic acids is 1. The number of hydrogen-bond donors (Lipinski definition) is 1. The van der Waals surface area contributed by atoms with Crippen molar-refractivity contribution in [2.75, 3.05) is 5.32 Å². The number of amides is 1. The average molecular weight is 389 g/mol. The van der Waals surface area contributed by atoms with Crippen LogP contribution in [0.15, 0.2) is 29.4 Å². The van der Waals surface area contributed by atoms with Gasteiger partial charge in [0.15, 0.2) is 11.0 Å². The van der Waals surface area contributed by atoms with Crippen LogP contribution in [-0.2, 0) is 11.3 Å². The van der Waals surface area contributed by atoms with Gasteiger partial charge in [-0.3, -0.25) is 10.1 Å². The number of nitrogens with one attached hydrogen (secondary N) is 1. The Balaban J connectivity index is 1.75. The largest absolute Gasteiger partial charge is 0.302 e. The lowest BCUT2D eigenvalue weighted by atomic mass is 10.1. The molecule has 26 heavy (non-hydrogen) atoms. The van der Waals surface area contributed by atoms with Crippen molar-refractivity contribution in [1.29, 1.82) is 0 Å². The van der Waals surface area contributed by atoms with Crippen LogP contribution < -0.4 is 5.32 Å². The zero-order valence-corrected chi connectivity index (χ0v) is 16.7. The van der Waals surface area contributed by atoms with Crippen molar-refractivity contribution in [2.24, 2.45) is 0 Å². The Kier molecular flexibility index (Phi) is 5.67. The number of benzene rings is 1. The summed E-state index contributed by atoms with van der Waals surface area (Å²) in [6.45, 7) is 8.51. The van der Waals surface area contributed by atoms with Crippen LogP contribution in [0.3, 0.4) is 0 Å². The van der Waals surface area contributed by atoms with Gasteiger partial charge in [-0.2, -0.15) is 0 Å². The minimum atomic E-state index is -0.334. The summed E-state index contributed by atoms with van der Waals surface area (Å²) >= 11 is 2.73. The molecule has 0 saturated carbocycles. The monoisotopic (exact) mass is 388 g/mol. The van der Waals surface area contributed by atoms with Gasteiger partial charge in [0.25, 0.3) is 0 Å². The molecule has 136 valence electrons. The second kappa shape index (κ2) is 7.96. The number of anilines is 1. The summed E-state index contributed by atoms with van der Waals surface area (Å²) < 4.78 is 2.02. The van der Waals surface area contributed by atoms with E-state index in [0.717, 1.165) is 28.1 Å². The summed E-state index contributed by atoms with van der Waals surface area (Å²) in [6, 6.07) is 8.18. The molecule has 2 heterocycles. The summed E-state index contributed by atoms with van der Waals surface area (Å²) in [5.74, 6) is 0.677. The first-order valence-electron chi connectivity index (χ1n) is 8.25. The summed E-state index contributed by atoms with van der Waals surface area (Å²) in [7, 11) is 0. The smallest absolute Gasteiger partial charge is 0.239 e. The van der Waals surface area contributed by atoms with Crippen LogP contribution in [-0.4, -0.2) is 36.1 Å². The maximum atomic E-state index is 12.4. The molecule has 1 amide bonds. The van der Waals surface area contributed by atoms with Gasteiger partial charge in [-0.05, 0) is 27.7 Å². The summed E-state index contributed by atoms with van der Waals surface area (Å²) in [6.07, 6.45) is 0. The van der Waals surface area contributed by atoms with Crippen molar-refractivity contribution in [3.63, 3.8) is 0 Å². The minimum absolute atomic E-state index is 0.131. The SMILES string of the molecule is CCn1c(S[C@@H](C)C(=O)Nc2nnc(C)s2)nnc1-c1ccc(C)cc1. The molecule has 1 N–H and O–H groups in total. The van der Waals surface area contributed by atoms with E-state index in [9.17, 15) is 4.79 Å². The van der Waals surface area contributed by atoms with Crippen molar-refractivity contribution in [3.8, 4) is 11.4 Å². The highest BCUT2D eigenvalue weighted by molar-refractivity contribution is 8.00. The summed E-state index contributed by atoms with van der Waals surface area (Å²) in [5.41, 5.74) is 2.21. The van der Waals surface area contributed by atoms with Crippen LogP contribution in [0.1, 0.15) is 24.4 Å². The molecule has 1 aromatic carbocycles. The zero-order chi connectivity index (χ0) is 18.7. The van der Waals surface area contributed by atoms with E-state index >= 15 is 0 Å². The predicted octanol–water partition coefficient (Wildman–Crippen LogP) is 3.55. The van der Waals surface area contributed by atoms with Crippen molar-refractivity contribution in [2.45, 2.75) is 44.6 Å². The molecule has 0 aliphatic rings. The van der Waals surface area contributed by atoms with Crippen LogP contribution in [0.4, 0.5) is 5.13 Å². The first-order chi connectivity index (χ1) is 12.5. The molecule has 3 rings (SSSR count). The first-order valence-corrected chi connectivity index (χ1v) is 9.95. The second-order valence-electron chi connectivity index (χ2n) is 5.79. The Morgan fingerprint density at radius 3 is 2.54 bits per heavy atom. The molecule has 0 radical (unpaired) electrons. The maximum absolute atomic E-state index is 12.4. The van der Waals surface area contributed by atoms with Gasteiger partial charge in [0.05, 0.1) is 5.25 Å². The predicted molar refractivity (Wildman–Crippen MR) is 104 cm³/mol. The third-order valence-corrected chi connectivity index (χ3v) is 5.59. The highest BCUT2D eigenvalue weighted by atomic mass is 32.2. The number of rotatable bonds is 6. The number of thioether (sulfide) groups is 1. The van der Waals surface area contributed by atoms with Crippen molar-refractivity contribution in [3.05, 3.63) is 34.8 Å². The number of aromatic nitrogens is 5. The van der Waals surface area contributed by atoms with Gasteiger partial charge in [0, 0.05) is 12.1 Å². The van der Waals surface area contributed by atoms with Gasteiger partial charge < -0.3 is 4.57 Å². The highest BCUT2D eigenvalue weighted by Gasteiger charge is 2.21. The Bertz CT molecular complexity index is 902. The highest BCUT2D eigenvalue weighted by Crippen LogP contribution is 2.27. The number of nitrogens with zero attached hydrogens (tertiary/aromatic N) is 5. The van der Waals surface area contributed by atoms with Crippen molar-refractivity contribution >= 4 is 34.1 Å². The zero-order valence-electron chi connectivity index (χ0n) is 15.1. The van der Waals surface area contributed by atoms with Gasteiger partial charge >= 0.3 is 0 Å². The van der Waals surface area contributed by atoms with E-state index in [4.69, 9.17) is 0 Å². The first kappa shape index (κ1) is 18.5. The standard InChI is InChI=1S/C17H20N6OS2/c1-5-23-14(13-8-6-10(2)7-9-13)20-22-17(23)25-11(3)15(24)18-16-21-19-12(4)26-16/h6-9,11H,5H2,1-4H3,(H,18,21,24)/t11-/m0/s1. The molecule has 1 atom stereocenters. The van der Waals surface area contributed by atoms with E-state index in [1.165, 1.54) is 28.7 Å². The average Bonchev–Trinajstić information content (AvgIpc) is 3.21. The van der Waals surface area contributed by atoms with Gasteiger partial charge in [-0.1, -0.05) is 52.9 Å². The van der Waals surface area contributed by atoms with Gasteiger partial charge in [-0.25, -0.2) is 0 Å². The van der Waals surface area contributed by atoms with Gasteiger partial charge in [0.1, 0.15) is 5.01 Å². The normalized spacial score (nSPS) is 12.2. The van der Waals surface area contributed by atoms with Crippen LogP contribution in [0.25, 0.3) is 11.4 Å². The van der Waals surface area contributed by atoms with E-state index in [-0.39, 0.29) is 11.2 Å². The fraction of sp³-hybridized carbons (Fsp3) is 0.353. The molecule has 0 saturated heterocycles. The van der Waals surface area contributed by atoms with E-state index in [1.807, 2.05) is 37.5 Å². The molecule has 0 aliphatic heterocycles. The molecule has 2 aromatic heterocycles. The Morgan fingerprint density at radius 2 is 1.92 bits per heavy atom. The van der Waals surface area contributed by atoms with E-state index in [1.54, 1.807) is 0 Å². The lowest BCUT2D eigenvalue weighted by Crippen LogP contribution is -2.22. The van der Waals surface area contributed by atoms with E-state index in [2.05, 4.69) is 44.8 Å². The molecule has 9 heteroatoms. The third kappa shape index (κ3) is 4.10. The fourth-order valence-corrected chi connectivity index (χ4v) is 3.85. The Labute approximate surface area is 160 Å². The van der Waals surface area contributed by atoms with Crippen molar-refractivity contribution < 1.29 is 4.79 Å². The number of carbonyl (C=O) groups is 1. The number of hydrogen-bond acceptors (Lipinski definition) is 7. The van der Waals surface area contributed by atoms with E-state index < -0.39 is 0 Å². The molecule has 3 aromatic rings. The number of aryl methyl sites for hydroxylation is 2. The summed E-state index contributed by atoms with van der Waals surface area (Å²) in [5, 5.41) is 21.0. The van der Waals surface area contributed by atoms with Crippen LogP contribution in [0, 0.1) is 13.8 Å². The lowest BCUT2D eigenvalue weighted by molar-refractivity contribution is -0.115. The van der Waals surface area contributed by atoms with Crippen LogP contribution in [0.2, 0.25) is 0 Å². The molecule has 0 spiro atoms. The molecule has 0 fully saturated rings. The van der Waals surface area contributed by atoms with Crippen LogP contribution >= 0.6 is 23.1 Å². The minimum Gasteiger partial charge on any atom is -0.302 e. The van der Waals surface area contributed by atoms with E-state index in [0.29, 0.717) is 5.13 Å². The van der Waals surface area contributed by atoms with Gasteiger partial charge in [-0.15, -0.1) is 20.4 Å². The fourth-order valence-electron chi connectivity index (χ4n) is 2.34. The lowest BCUT2D eigenvalue weighted by Gasteiger charge is -2.11. The maximum Gasteiger partial charge on any atom is 0.239 e. The molecule has 0 aliphatic carbocycles. The van der Waals surface area contributed by atoms with Gasteiger partial charge in [0.2, 0.25) is 11.0 Å². The van der Waals surface area contributed by atoms with Crippen LogP contribution in [0.5, 0.6) is 0 Å². The quantitative estimate of drug-likeness (QED) is 0.650. The molecule has 7 nitrogen and oxygen atoms in total. The second-order valence-corrected chi connectivity index (χ2v) is 8.28. The Hall–Kier alpha value is -2.26. The molecular weight excluding hydrogens is 368 g/mol. The third-order valence-electron chi connectivity index (χ3n) is 3.75. The summed E-state index contributed by atoms with van der Waals surface area (Å²) in [4.78, 5) is 12.4. The topological polar surface area (TPSA) is 85.6 Å². The molecular formula is C17H20N6OS2. The molecule has 0 unspecified atom stereocenters.